The quantitative estimate of drug-likeness (QED) is 0.570. The van der Waals surface area contributed by atoms with Gasteiger partial charge in [-0.25, -0.2) is 4.79 Å². The first-order valence-electron chi connectivity index (χ1n) is 10.2. The van der Waals surface area contributed by atoms with Crippen LogP contribution in [0.5, 0.6) is 11.5 Å². The number of carbonyl (C=O) groups excluding carboxylic acids is 2. The van der Waals surface area contributed by atoms with E-state index in [2.05, 4.69) is 5.32 Å². The first-order chi connectivity index (χ1) is 14.4. The molecule has 2 aromatic rings. The van der Waals surface area contributed by atoms with Crippen molar-refractivity contribution in [3.05, 3.63) is 59.7 Å². The number of rotatable bonds is 11. The third-order valence-corrected chi connectivity index (χ3v) is 4.58. The van der Waals surface area contributed by atoms with Crippen LogP contribution < -0.4 is 14.8 Å². The monoisotopic (exact) mass is 413 g/mol. The Hall–Kier alpha value is -3.02. The molecule has 0 spiro atoms. The predicted molar refractivity (Wildman–Crippen MR) is 116 cm³/mol. The van der Waals surface area contributed by atoms with Gasteiger partial charge in [0, 0.05) is 18.8 Å². The minimum atomic E-state index is -0.712. The summed E-state index contributed by atoms with van der Waals surface area (Å²) < 4.78 is 16.1. The number of benzene rings is 2. The summed E-state index contributed by atoms with van der Waals surface area (Å²) in [5.41, 5.74) is 2.09. The number of hydrogen-bond acceptors (Lipinski definition) is 5. The van der Waals surface area contributed by atoms with Crippen molar-refractivity contribution in [3.8, 4) is 11.5 Å². The van der Waals surface area contributed by atoms with Crippen LogP contribution in [0.15, 0.2) is 48.5 Å². The molecule has 1 unspecified atom stereocenters. The second-order valence-electron chi connectivity index (χ2n) is 7.26. The molecule has 0 fully saturated rings. The molecule has 1 N–H and O–H groups in total. The summed E-state index contributed by atoms with van der Waals surface area (Å²) >= 11 is 0. The highest BCUT2D eigenvalue weighted by molar-refractivity contribution is 5.85. The van der Waals surface area contributed by atoms with Gasteiger partial charge in [0.05, 0.1) is 20.3 Å². The lowest BCUT2D eigenvalue weighted by Gasteiger charge is -2.18. The summed E-state index contributed by atoms with van der Waals surface area (Å²) in [5.74, 6) is 0.778. The van der Waals surface area contributed by atoms with E-state index in [9.17, 15) is 9.59 Å². The van der Waals surface area contributed by atoms with Gasteiger partial charge in [0.15, 0.2) is 0 Å². The maximum absolute atomic E-state index is 12.0. The van der Waals surface area contributed by atoms with Crippen molar-refractivity contribution in [2.45, 2.75) is 39.7 Å². The Morgan fingerprint density at radius 3 is 2.00 bits per heavy atom. The number of carbonyl (C=O) groups is 2. The van der Waals surface area contributed by atoms with Crippen LogP contribution in [-0.2, 0) is 27.2 Å². The summed E-state index contributed by atoms with van der Waals surface area (Å²) in [6.07, 6.45) is 1.15. The normalized spacial score (nSPS) is 11.6. The molecule has 1 amide bonds. The van der Waals surface area contributed by atoms with Gasteiger partial charge in [-0.2, -0.15) is 0 Å². The molecule has 6 nitrogen and oxygen atoms in total. The zero-order valence-electron chi connectivity index (χ0n) is 18.1. The third kappa shape index (κ3) is 7.43. The summed E-state index contributed by atoms with van der Waals surface area (Å²) in [7, 11) is 1.32. The first kappa shape index (κ1) is 23.3. The number of nitrogens with one attached hydrogen (secondary N) is 1. The van der Waals surface area contributed by atoms with E-state index in [1.54, 1.807) is 13.8 Å². The molecule has 0 heterocycles. The van der Waals surface area contributed by atoms with Gasteiger partial charge in [-0.15, -0.1) is 0 Å². The Labute approximate surface area is 178 Å². The molecule has 0 bridgehead atoms. The minimum absolute atomic E-state index is 0.181. The number of hydrogen-bond donors (Lipinski definition) is 1. The molecule has 0 aromatic heterocycles. The highest BCUT2D eigenvalue weighted by atomic mass is 16.5. The Kier molecular flexibility index (Phi) is 9.19. The lowest BCUT2D eigenvalue weighted by atomic mass is 10.0. The predicted octanol–water partition coefficient (Wildman–Crippen LogP) is 3.56. The fourth-order valence-corrected chi connectivity index (χ4v) is 2.84. The van der Waals surface area contributed by atoms with Crippen LogP contribution in [0.4, 0.5) is 0 Å². The van der Waals surface area contributed by atoms with Crippen molar-refractivity contribution in [2.75, 3.05) is 20.3 Å². The van der Waals surface area contributed by atoms with Crippen molar-refractivity contribution >= 4 is 11.9 Å². The third-order valence-electron chi connectivity index (χ3n) is 4.58. The molecule has 0 aliphatic rings. The molecular formula is C24H31NO5. The molecule has 1 atom stereocenters. The molecular weight excluding hydrogens is 382 g/mol. The van der Waals surface area contributed by atoms with E-state index in [1.165, 1.54) is 12.7 Å². The van der Waals surface area contributed by atoms with E-state index in [0.29, 0.717) is 19.6 Å². The second-order valence-corrected chi connectivity index (χ2v) is 7.26. The van der Waals surface area contributed by atoms with Crippen molar-refractivity contribution in [1.82, 2.24) is 5.32 Å². The maximum atomic E-state index is 12.0. The Morgan fingerprint density at radius 2 is 1.47 bits per heavy atom. The first-order valence-corrected chi connectivity index (χ1v) is 10.2. The van der Waals surface area contributed by atoms with Crippen LogP contribution in [0, 0.1) is 5.92 Å². The smallest absolute Gasteiger partial charge is 0.328 e. The van der Waals surface area contributed by atoms with Crippen LogP contribution in [0.1, 0.15) is 31.9 Å². The Morgan fingerprint density at radius 1 is 0.900 bits per heavy atom. The van der Waals surface area contributed by atoms with Gasteiger partial charge in [-0.3, -0.25) is 4.79 Å². The standard InChI is InChI=1S/C24H31NO5/c1-5-29-20-10-6-18(7-11-20)14-15-30-21-12-8-19(9-13-21)16-22(24(27)28-4)25-23(26)17(2)3/h6-13,17,22H,5,14-16H2,1-4H3,(H,25,26). The Balaban J connectivity index is 1.87. The van der Waals surface area contributed by atoms with Crippen LogP contribution in [0.25, 0.3) is 0 Å². The fraction of sp³-hybridized carbons (Fsp3) is 0.417. The van der Waals surface area contributed by atoms with E-state index >= 15 is 0 Å². The number of esters is 1. The van der Waals surface area contributed by atoms with Crippen LogP contribution in [-0.4, -0.2) is 38.2 Å². The van der Waals surface area contributed by atoms with Gasteiger partial charge >= 0.3 is 5.97 Å². The SMILES string of the molecule is CCOc1ccc(CCOc2ccc(CC(NC(=O)C(C)C)C(=O)OC)cc2)cc1. The van der Waals surface area contributed by atoms with E-state index in [4.69, 9.17) is 14.2 Å². The molecule has 162 valence electrons. The lowest BCUT2D eigenvalue weighted by Crippen LogP contribution is -2.44. The molecule has 0 radical (unpaired) electrons. The van der Waals surface area contributed by atoms with E-state index < -0.39 is 12.0 Å². The van der Waals surface area contributed by atoms with Gasteiger partial charge in [0.2, 0.25) is 5.91 Å². The Bertz CT molecular complexity index is 799. The van der Waals surface area contributed by atoms with Crippen molar-refractivity contribution in [2.24, 2.45) is 5.92 Å². The average Bonchev–Trinajstić information content (AvgIpc) is 2.75. The summed E-state index contributed by atoms with van der Waals surface area (Å²) in [6, 6.07) is 14.8. The maximum Gasteiger partial charge on any atom is 0.328 e. The number of amides is 1. The molecule has 0 saturated carbocycles. The zero-order valence-corrected chi connectivity index (χ0v) is 18.1. The van der Waals surface area contributed by atoms with Crippen molar-refractivity contribution < 1.29 is 23.8 Å². The summed E-state index contributed by atoms with van der Waals surface area (Å²) in [4.78, 5) is 24.0. The zero-order chi connectivity index (χ0) is 21.9. The van der Waals surface area contributed by atoms with Gasteiger partial charge < -0.3 is 19.5 Å². The van der Waals surface area contributed by atoms with Crippen LogP contribution in [0.2, 0.25) is 0 Å². The summed E-state index contributed by atoms with van der Waals surface area (Å²) in [5, 5.41) is 2.74. The lowest BCUT2D eigenvalue weighted by molar-refractivity contribution is -0.145. The number of methoxy groups -OCH3 is 1. The van der Waals surface area contributed by atoms with Crippen molar-refractivity contribution in [1.29, 1.82) is 0 Å². The van der Waals surface area contributed by atoms with Crippen molar-refractivity contribution in [3.63, 3.8) is 0 Å². The molecule has 6 heteroatoms. The fourth-order valence-electron chi connectivity index (χ4n) is 2.84. The summed E-state index contributed by atoms with van der Waals surface area (Å²) in [6.45, 7) is 6.74. The van der Waals surface area contributed by atoms with E-state index in [1.807, 2.05) is 55.5 Å². The van der Waals surface area contributed by atoms with Gasteiger partial charge in [-0.1, -0.05) is 38.1 Å². The van der Waals surface area contributed by atoms with Crippen LogP contribution in [0.3, 0.4) is 0 Å². The second kappa shape index (κ2) is 11.9. The topological polar surface area (TPSA) is 73.9 Å². The highest BCUT2D eigenvalue weighted by Crippen LogP contribution is 2.16. The molecule has 2 rings (SSSR count). The largest absolute Gasteiger partial charge is 0.494 e. The number of ether oxygens (including phenoxy) is 3. The molecule has 2 aromatic carbocycles. The van der Waals surface area contributed by atoms with Gasteiger partial charge in [-0.05, 0) is 42.3 Å². The minimum Gasteiger partial charge on any atom is -0.494 e. The molecule has 0 aliphatic heterocycles. The molecule has 0 saturated heterocycles. The molecule has 30 heavy (non-hydrogen) atoms. The van der Waals surface area contributed by atoms with Crippen LogP contribution >= 0.6 is 0 Å². The highest BCUT2D eigenvalue weighted by Gasteiger charge is 2.23. The molecule has 0 aliphatic carbocycles. The van der Waals surface area contributed by atoms with E-state index in [-0.39, 0.29) is 11.8 Å². The van der Waals surface area contributed by atoms with E-state index in [0.717, 1.165) is 23.5 Å². The average molecular weight is 414 g/mol. The van der Waals surface area contributed by atoms with Gasteiger partial charge in [0.1, 0.15) is 17.5 Å². The van der Waals surface area contributed by atoms with Gasteiger partial charge in [0.25, 0.3) is 0 Å².